The van der Waals surface area contributed by atoms with Crippen LogP contribution >= 0.6 is 0 Å². The fourth-order valence-electron chi connectivity index (χ4n) is 3.76. The molecule has 1 aliphatic rings. The minimum Gasteiger partial charge on any atom is -0.497 e. The van der Waals surface area contributed by atoms with Crippen LogP contribution in [0.3, 0.4) is 0 Å². The number of hydrogen-bond acceptors (Lipinski definition) is 5. The highest BCUT2D eigenvalue weighted by Gasteiger charge is 2.24. The van der Waals surface area contributed by atoms with E-state index in [4.69, 9.17) is 9.84 Å². The van der Waals surface area contributed by atoms with Crippen LogP contribution in [-0.4, -0.2) is 37.1 Å². The van der Waals surface area contributed by atoms with Crippen LogP contribution in [-0.2, 0) is 19.4 Å². The zero-order valence-electron chi connectivity index (χ0n) is 15.9. The Balaban J connectivity index is 1.45. The lowest BCUT2D eigenvalue weighted by atomic mass is 10.2. The van der Waals surface area contributed by atoms with E-state index < -0.39 is 0 Å². The minimum absolute atomic E-state index is 0.255. The lowest BCUT2D eigenvalue weighted by Crippen LogP contribution is -2.07. The van der Waals surface area contributed by atoms with Crippen molar-refractivity contribution >= 4 is 0 Å². The molecule has 146 valence electrons. The van der Waals surface area contributed by atoms with Gasteiger partial charge >= 0.3 is 0 Å². The summed E-state index contributed by atoms with van der Waals surface area (Å²) < 4.78 is 20.5. The molecule has 0 fully saturated rings. The molecule has 2 aromatic carbocycles. The highest BCUT2D eigenvalue weighted by atomic mass is 19.1. The number of methoxy groups -OCH3 is 1. The first-order chi connectivity index (χ1) is 14.2. The van der Waals surface area contributed by atoms with Gasteiger partial charge in [-0.15, -0.1) is 10.2 Å². The summed E-state index contributed by atoms with van der Waals surface area (Å²) in [7, 11) is 1.63. The molecule has 0 N–H and O–H groups in total. The van der Waals surface area contributed by atoms with Crippen LogP contribution in [0.15, 0.2) is 48.5 Å². The first-order valence-electron chi connectivity index (χ1n) is 9.49. The molecule has 4 aromatic rings. The van der Waals surface area contributed by atoms with Gasteiger partial charge in [-0.25, -0.2) is 9.07 Å². The Kier molecular flexibility index (Phi) is 4.31. The summed E-state index contributed by atoms with van der Waals surface area (Å²) in [4.78, 5) is 1.56. The topological polar surface area (TPSA) is 70.7 Å². The van der Waals surface area contributed by atoms with Gasteiger partial charge in [-0.3, -0.25) is 0 Å². The second-order valence-electron chi connectivity index (χ2n) is 6.99. The Morgan fingerprint density at radius 1 is 1.07 bits per heavy atom. The molecule has 2 heterocycles. The lowest BCUT2D eigenvalue weighted by Gasteiger charge is -2.05. The Labute approximate surface area is 166 Å². The summed E-state index contributed by atoms with van der Waals surface area (Å²) in [5, 5.41) is 17.7. The van der Waals surface area contributed by atoms with E-state index in [1.807, 2.05) is 28.9 Å². The summed E-state index contributed by atoms with van der Waals surface area (Å²) in [5.74, 6) is 1.03. The van der Waals surface area contributed by atoms with Gasteiger partial charge in [0.1, 0.15) is 18.1 Å². The molecule has 0 saturated carbocycles. The largest absolute Gasteiger partial charge is 0.497 e. The Hall–Kier alpha value is -3.55. The van der Waals surface area contributed by atoms with E-state index in [0.29, 0.717) is 12.4 Å². The molecule has 0 spiro atoms. The zero-order valence-corrected chi connectivity index (χ0v) is 15.9. The number of fused-ring (bicyclic) bond motifs is 1. The first kappa shape index (κ1) is 17.5. The van der Waals surface area contributed by atoms with E-state index in [2.05, 4.69) is 15.4 Å². The predicted molar refractivity (Wildman–Crippen MR) is 104 cm³/mol. The summed E-state index contributed by atoms with van der Waals surface area (Å²) >= 11 is 0. The maximum Gasteiger partial charge on any atom is 0.205 e. The number of ether oxygens (including phenoxy) is 1. The van der Waals surface area contributed by atoms with Crippen molar-refractivity contribution in [1.82, 2.24) is 30.0 Å². The van der Waals surface area contributed by atoms with E-state index >= 15 is 0 Å². The molecular weight excluding hydrogens is 371 g/mol. The van der Waals surface area contributed by atoms with Crippen LogP contribution in [0.4, 0.5) is 4.39 Å². The van der Waals surface area contributed by atoms with Crippen LogP contribution in [0.2, 0.25) is 0 Å². The third-order valence-corrected chi connectivity index (χ3v) is 5.16. The Bertz CT molecular complexity index is 1160. The van der Waals surface area contributed by atoms with Gasteiger partial charge in [-0.1, -0.05) is 12.1 Å². The fourth-order valence-corrected chi connectivity index (χ4v) is 3.76. The number of rotatable bonds is 5. The average molecular weight is 390 g/mol. The molecule has 5 rings (SSSR count). The van der Waals surface area contributed by atoms with Crippen molar-refractivity contribution in [1.29, 1.82) is 0 Å². The molecule has 29 heavy (non-hydrogen) atoms. The third kappa shape index (κ3) is 3.26. The van der Waals surface area contributed by atoms with Crippen molar-refractivity contribution in [3.8, 4) is 22.8 Å². The van der Waals surface area contributed by atoms with E-state index in [0.717, 1.165) is 42.0 Å². The highest BCUT2D eigenvalue weighted by molar-refractivity contribution is 5.56. The lowest BCUT2D eigenvalue weighted by molar-refractivity contribution is 0.415. The SMILES string of the molecule is COc1cccc(-c2nnn(Cc3nn(-c4ccc(F)cc4)c4c3CCC4)n2)c1. The normalized spacial score (nSPS) is 12.9. The van der Waals surface area contributed by atoms with Crippen molar-refractivity contribution < 1.29 is 9.13 Å². The Morgan fingerprint density at radius 2 is 1.93 bits per heavy atom. The van der Waals surface area contributed by atoms with Crippen LogP contribution in [0.5, 0.6) is 5.75 Å². The second kappa shape index (κ2) is 7.12. The first-order valence-corrected chi connectivity index (χ1v) is 9.49. The van der Waals surface area contributed by atoms with Crippen molar-refractivity contribution in [3.63, 3.8) is 0 Å². The number of halogens is 1. The summed E-state index contributed by atoms with van der Waals surface area (Å²) in [6.45, 7) is 0.438. The summed E-state index contributed by atoms with van der Waals surface area (Å²) in [5.41, 5.74) is 5.04. The van der Waals surface area contributed by atoms with Gasteiger partial charge in [0.05, 0.1) is 18.5 Å². The number of hydrogen-bond donors (Lipinski definition) is 0. The van der Waals surface area contributed by atoms with E-state index in [-0.39, 0.29) is 5.82 Å². The molecule has 8 heteroatoms. The van der Waals surface area contributed by atoms with Gasteiger partial charge in [0, 0.05) is 11.3 Å². The Morgan fingerprint density at radius 3 is 2.76 bits per heavy atom. The van der Waals surface area contributed by atoms with Gasteiger partial charge in [-0.2, -0.15) is 9.90 Å². The number of nitrogens with zero attached hydrogens (tertiary/aromatic N) is 6. The van der Waals surface area contributed by atoms with Crippen LogP contribution < -0.4 is 4.74 Å². The molecule has 0 saturated heterocycles. The van der Waals surface area contributed by atoms with Crippen LogP contribution in [0, 0.1) is 5.82 Å². The predicted octanol–water partition coefficient (Wildman–Crippen LogP) is 3.21. The number of benzene rings is 2. The van der Waals surface area contributed by atoms with Crippen molar-refractivity contribution in [3.05, 3.63) is 71.3 Å². The maximum atomic E-state index is 13.3. The number of aromatic nitrogens is 6. The molecule has 0 atom stereocenters. The van der Waals surface area contributed by atoms with Gasteiger partial charge in [0.2, 0.25) is 5.82 Å². The van der Waals surface area contributed by atoms with E-state index in [9.17, 15) is 4.39 Å². The second-order valence-corrected chi connectivity index (χ2v) is 6.99. The smallest absolute Gasteiger partial charge is 0.205 e. The van der Waals surface area contributed by atoms with Gasteiger partial charge < -0.3 is 4.74 Å². The molecule has 0 aliphatic heterocycles. The summed E-state index contributed by atoms with van der Waals surface area (Å²) in [6, 6.07) is 14.0. The summed E-state index contributed by atoms with van der Waals surface area (Å²) in [6.07, 6.45) is 3.02. The zero-order chi connectivity index (χ0) is 19.8. The van der Waals surface area contributed by atoms with E-state index in [1.54, 1.807) is 24.0 Å². The maximum absolute atomic E-state index is 13.3. The molecule has 0 amide bonds. The molecule has 1 aliphatic carbocycles. The van der Waals surface area contributed by atoms with E-state index in [1.165, 1.54) is 23.4 Å². The number of tetrazole rings is 1. The molecule has 0 unspecified atom stereocenters. The quantitative estimate of drug-likeness (QED) is 0.523. The monoisotopic (exact) mass is 390 g/mol. The highest BCUT2D eigenvalue weighted by Crippen LogP contribution is 2.28. The van der Waals surface area contributed by atoms with Crippen molar-refractivity contribution in [2.45, 2.75) is 25.8 Å². The molecule has 7 nitrogen and oxygen atoms in total. The molecule has 2 aromatic heterocycles. The third-order valence-electron chi connectivity index (χ3n) is 5.16. The van der Waals surface area contributed by atoms with Crippen molar-refractivity contribution in [2.75, 3.05) is 7.11 Å². The average Bonchev–Trinajstić information content (AvgIpc) is 3.47. The molecular formula is C21H19FN6O. The molecule has 0 radical (unpaired) electrons. The standard InChI is InChI=1S/C21H19FN6O/c1-29-17-5-2-4-14(12-17)21-23-26-27(25-21)13-19-18-6-3-7-20(18)28(24-19)16-10-8-15(22)9-11-16/h2,4-5,8-12H,3,6-7,13H2,1H3. The molecule has 0 bridgehead atoms. The van der Waals surface area contributed by atoms with Crippen molar-refractivity contribution in [2.24, 2.45) is 0 Å². The van der Waals surface area contributed by atoms with Gasteiger partial charge in [0.15, 0.2) is 0 Å². The minimum atomic E-state index is -0.255. The van der Waals surface area contributed by atoms with Crippen LogP contribution in [0.1, 0.15) is 23.4 Å². The fraction of sp³-hybridized carbons (Fsp3) is 0.238. The van der Waals surface area contributed by atoms with Crippen LogP contribution in [0.25, 0.3) is 17.1 Å². The van der Waals surface area contributed by atoms with Gasteiger partial charge in [-0.05, 0) is 66.4 Å². The van der Waals surface area contributed by atoms with Gasteiger partial charge in [0.25, 0.3) is 0 Å².